The van der Waals surface area contributed by atoms with E-state index in [0.717, 1.165) is 19.4 Å². The van der Waals surface area contributed by atoms with Crippen molar-refractivity contribution in [2.24, 2.45) is 5.73 Å². The minimum atomic E-state index is -0.0376. The fourth-order valence-corrected chi connectivity index (χ4v) is 3.15. The van der Waals surface area contributed by atoms with Crippen LogP contribution in [0.4, 0.5) is 0 Å². The molecule has 0 bridgehead atoms. The maximum Gasteiger partial charge on any atom is 0.273 e. The van der Waals surface area contributed by atoms with Crippen LogP contribution in [0.15, 0.2) is 24.0 Å². The maximum absolute atomic E-state index is 12.4. The zero-order valence-corrected chi connectivity index (χ0v) is 11.7. The van der Waals surface area contributed by atoms with Crippen LogP contribution in [-0.4, -0.2) is 44.9 Å². The molecule has 0 aliphatic carbocycles. The fraction of sp³-hybridized carbons (Fsp3) is 0.385. The van der Waals surface area contributed by atoms with E-state index in [9.17, 15) is 4.79 Å². The number of hydrogen-bond acceptors (Lipinski definition) is 6. The highest BCUT2D eigenvalue weighted by molar-refractivity contribution is 7.13. The first-order valence-corrected chi connectivity index (χ1v) is 7.40. The Morgan fingerprint density at radius 3 is 3.15 bits per heavy atom. The summed E-state index contributed by atoms with van der Waals surface area (Å²) < 4.78 is 0. The molecule has 104 valence electrons. The van der Waals surface area contributed by atoms with Crippen molar-refractivity contribution in [3.63, 3.8) is 0 Å². The Bertz CT molecular complexity index is 600. The number of nitrogens with zero attached hydrogens (tertiary/aromatic N) is 4. The van der Waals surface area contributed by atoms with Crippen LogP contribution in [0, 0.1) is 0 Å². The second-order valence-electron chi connectivity index (χ2n) is 4.66. The lowest BCUT2D eigenvalue weighted by atomic mass is 10.2. The van der Waals surface area contributed by atoms with E-state index in [0.29, 0.717) is 22.9 Å². The van der Waals surface area contributed by atoms with Crippen molar-refractivity contribution in [1.29, 1.82) is 0 Å². The van der Waals surface area contributed by atoms with Gasteiger partial charge in [-0.3, -0.25) is 14.8 Å². The van der Waals surface area contributed by atoms with Crippen molar-refractivity contribution < 1.29 is 4.79 Å². The first-order chi connectivity index (χ1) is 9.79. The van der Waals surface area contributed by atoms with Gasteiger partial charge in [0.05, 0.1) is 6.20 Å². The van der Waals surface area contributed by atoms with E-state index >= 15 is 0 Å². The summed E-state index contributed by atoms with van der Waals surface area (Å²) in [4.78, 5) is 26.8. The minimum Gasteiger partial charge on any atom is -0.333 e. The molecule has 0 saturated carbocycles. The number of nitrogens with two attached hydrogens (primary N) is 1. The summed E-state index contributed by atoms with van der Waals surface area (Å²) in [6.45, 7) is 1.27. The van der Waals surface area contributed by atoms with Gasteiger partial charge < -0.3 is 10.6 Å². The van der Waals surface area contributed by atoms with E-state index in [2.05, 4.69) is 15.0 Å². The molecule has 3 heterocycles. The van der Waals surface area contributed by atoms with Crippen LogP contribution < -0.4 is 5.73 Å². The average molecular weight is 289 g/mol. The van der Waals surface area contributed by atoms with Gasteiger partial charge in [-0.05, 0) is 12.8 Å². The molecule has 2 N–H and O–H groups in total. The number of aromatic nitrogens is 3. The summed E-state index contributed by atoms with van der Waals surface area (Å²) >= 11 is 1.41. The second-order valence-corrected chi connectivity index (χ2v) is 5.52. The fourth-order valence-electron chi connectivity index (χ4n) is 2.39. The number of amides is 1. The van der Waals surface area contributed by atoms with Crippen molar-refractivity contribution in [2.45, 2.75) is 18.9 Å². The lowest BCUT2D eigenvalue weighted by Gasteiger charge is -2.22. The molecule has 20 heavy (non-hydrogen) atoms. The van der Waals surface area contributed by atoms with Crippen LogP contribution in [0.1, 0.15) is 23.3 Å². The molecule has 1 saturated heterocycles. The Balaban J connectivity index is 1.82. The Morgan fingerprint density at radius 1 is 1.50 bits per heavy atom. The first kappa shape index (κ1) is 13.1. The highest BCUT2D eigenvalue weighted by Gasteiger charge is 2.29. The van der Waals surface area contributed by atoms with Gasteiger partial charge in [-0.15, -0.1) is 11.3 Å². The standard InChI is InChI=1S/C13H15N5OS/c14-6-9-2-1-5-18(9)13(19)11-8-20-12(17-11)10-7-15-3-4-16-10/h3-4,7-9H,1-2,5-6,14H2. The lowest BCUT2D eigenvalue weighted by Crippen LogP contribution is -2.40. The summed E-state index contributed by atoms with van der Waals surface area (Å²) in [6.07, 6.45) is 6.85. The van der Waals surface area contributed by atoms with Gasteiger partial charge in [0, 0.05) is 36.9 Å². The van der Waals surface area contributed by atoms with Crippen molar-refractivity contribution in [3.05, 3.63) is 29.7 Å². The highest BCUT2D eigenvalue weighted by atomic mass is 32.1. The van der Waals surface area contributed by atoms with Crippen LogP contribution in [-0.2, 0) is 0 Å². The molecule has 1 amide bonds. The third kappa shape index (κ3) is 2.41. The Morgan fingerprint density at radius 2 is 2.40 bits per heavy atom. The molecule has 0 aromatic carbocycles. The molecule has 2 aromatic heterocycles. The highest BCUT2D eigenvalue weighted by Crippen LogP contribution is 2.24. The molecule has 1 unspecified atom stereocenters. The summed E-state index contributed by atoms with van der Waals surface area (Å²) in [5.41, 5.74) is 6.86. The molecule has 1 atom stereocenters. The SMILES string of the molecule is NCC1CCCN1C(=O)c1csc(-c2cnccn2)n1. The van der Waals surface area contributed by atoms with Crippen molar-refractivity contribution in [3.8, 4) is 10.7 Å². The molecule has 0 spiro atoms. The molecule has 2 aromatic rings. The Labute approximate surface area is 120 Å². The maximum atomic E-state index is 12.4. The normalized spacial score (nSPS) is 18.4. The van der Waals surface area contributed by atoms with Crippen molar-refractivity contribution >= 4 is 17.2 Å². The van der Waals surface area contributed by atoms with Gasteiger partial charge in [0.2, 0.25) is 0 Å². The summed E-state index contributed by atoms with van der Waals surface area (Å²) in [5, 5.41) is 2.49. The number of thiazole rings is 1. The second kappa shape index (κ2) is 5.64. The van der Waals surface area contributed by atoms with E-state index in [1.807, 2.05) is 4.90 Å². The predicted molar refractivity (Wildman–Crippen MR) is 76.3 cm³/mol. The minimum absolute atomic E-state index is 0.0376. The molecular formula is C13H15N5OS. The number of carbonyl (C=O) groups is 1. The van der Waals surface area contributed by atoms with Crippen molar-refractivity contribution in [1.82, 2.24) is 19.9 Å². The molecule has 6 nitrogen and oxygen atoms in total. The van der Waals surface area contributed by atoms with Crippen LogP contribution >= 0.6 is 11.3 Å². The number of likely N-dealkylation sites (tertiary alicyclic amines) is 1. The predicted octanol–water partition coefficient (Wildman–Crippen LogP) is 1.16. The van der Waals surface area contributed by atoms with Crippen LogP contribution in [0.5, 0.6) is 0 Å². The van der Waals surface area contributed by atoms with Gasteiger partial charge in [0.15, 0.2) is 0 Å². The lowest BCUT2D eigenvalue weighted by molar-refractivity contribution is 0.0736. The average Bonchev–Trinajstić information content (AvgIpc) is 3.16. The van der Waals surface area contributed by atoms with Crippen molar-refractivity contribution in [2.75, 3.05) is 13.1 Å². The molecule has 1 fully saturated rings. The summed E-state index contributed by atoms with van der Waals surface area (Å²) in [7, 11) is 0. The molecule has 3 rings (SSSR count). The van der Waals surface area contributed by atoms with E-state index < -0.39 is 0 Å². The smallest absolute Gasteiger partial charge is 0.273 e. The molecule has 1 aliphatic rings. The van der Waals surface area contributed by atoms with E-state index in [1.165, 1.54) is 11.3 Å². The van der Waals surface area contributed by atoms with Gasteiger partial charge in [0.25, 0.3) is 5.91 Å². The number of carbonyl (C=O) groups excluding carboxylic acids is 1. The van der Waals surface area contributed by atoms with Crippen LogP contribution in [0.25, 0.3) is 10.7 Å². The van der Waals surface area contributed by atoms with Gasteiger partial charge in [-0.2, -0.15) is 0 Å². The van der Waals surface area contributed by atoms with E-state index in [1.54, 1.807) is 24.0 Å². The van der Waals surface area contributed by atoms with E-state index in [-0.39, 0.29) is 11.9 Å². The van der Waals surface area contributed by atoms with Crippen LogP contribution in [0.2, 0.25) is 0 Å². The molecule has 0 radical (unpaired) electrons. The Kier molecular flexibility index (Phi) is 3.70. The zero-order valence-electron chi connectivity index (χ0n) is 10.9. The van der Waals surface area contributed by atoms with Gasteiger partial charge in [0.1, 0.15) is 16.4 Å². The third-order valence-electron chi connectivity index (χ3n) is 3.42. The van der Waals surface area contributed by atoms with Crippen LogP contribution in [0.3, 0.4) is 0 Å². The van der Waals surface area contributed by atoms with Gasteiger partial charge >= 0.3 is 0 Å². The number of rotatable bonds is 3. The monoisotopic (exact) mass is 289 g/mol. The van der Waals surface area contributed by atoms with Gasteiger partial charge in [-0.25, -0.2) is 4.98 Å². The first-order valence-electron chi connectivity index (χ1n) is 6.52. The summed E-state index contributed by atoms with van der Waals surface area (Å²) in [5.74, 6) is -0.0376. The quantitative estimate of drug-likeness (QED) is 0.916. The third-order valence-corrected chi connectivity index (χ3v) is 4.28. The zero-order chi connectivity index (χ0) is 13.9. The number of hydrogen-bond donors (Lipinski definition) is 1. The molecule has 7 heteroatoms. The molecular weight excluding hydrogens is 274 g/mol. The van der Waals surface area contributed by atoms with Gasteiger partial charge in [-0.1, -0.05) is 0 Å². The molecule has 1 aliphatic heterocycles. The summed E-state index contributed by atoms with van der Waals surface area (Å²) in [6, 6.07) is 0.143. The Hall–Kier alpha value is -1.86. The van der Waals surface area contributed by atoms with E-state index in [4.69, 9.17) is 5.73 Å². The largest absolute Gasteiger partial charge is 0.333 e. The topological polar surface area (TPSA) is 85.0 Å².